The molecule has 1 aromatic heterocycles. The summed E-state index contributed by atoms with van der Waals surface area (Å²) in [5.41, 5.74) is 7.35. The van der Waals surface area contributed by atoms with Crippen LogP contribution in [-0.4, -0.2) is 19.0 Å². The molecule has 5 heteroatoms. The van der Waals surface area contributed by atoms with Crippen molar-refractivity contribution in [3.05, 3.63) is 58.3 Å². The van der Waals surface area contributed by atoms with Crippen molar-refractivity contribution < 1.29 is 0 Å². The van der Waals surface area contributed by atoms with Crippen LogP contribution in [0.2, 0.25) is 0 Å². The number of nitrogens with zero attached hydrogens (tertiary/aromatic N) is 1. The Kier molecular flexibility index (Phi) is 6.70. The Morgan fingerprint density at radius 2 is 2.05 bits per heavy atom. The van der Waals surface area contributed by atoms with Crippen LogP contribution < -0.4 is 11.1 Å². The zero-order chi connectivity index (χ0) is 14.5. The average Bonchev–Trinajstić information content (AvgIpc) is 3.12. The highest BCUT2D eigenvalue weighted by molar-refractivity contribution is 14.0. The summed E-state index contributed by atoms with van der Waals surface area (Å²) in [5, 5.41) is 5.29. The lowest BCUT2D eigenvalue weighted by Gasteiger charge is -2.04. The lowest BCUT2D eigenvalue weighted by molar-refractivity contribution is 0.791. The van der Waals surface area contributed by atoms with Crippen molar-refractivity contribution in [1.29, 1.82) is 0 Å². The first-order valence-corrected chi connectivity index (χ1v) is 8.32. The lowest BCUT2D eigenvalue weighted by Crippen LogP contribution is -2.33. The molecular weight excluding hydrogens is 405 g/mol. The van der Waals surface area contributed by atoms with E-state index in [1.165, 1.54) is 16.9 Å². The Morgan fingerprint density at radius 1 is 1.23 bits per heavy atom. The third-order valence-corrected chi connectivity index (χ3v) is 4.84. The van der Waals surface area contributed by atoms with Crippen LogP contribution in [0.3, 0.4) is 0 Å². The smallest absolute Gasteiger partial charge is 0.188 e. The second-order valence-electron chi connectivity index (χ2n) is 5.50. The van der Waals surface area contributed by atoms with E-state index in [0.717, 1.165) is 19.5 Å². The fraction of sp³-hybridized carbons (Fsp3) is 0.353. The van der Waals surface area contributed by atoms with Gasteiger partial charge in [-0.1, -0.05) is 36.4 Å². The number of nitrogens with one attached hydrogen (secondary N) is 1. The highest BCUT2D eigenvalue weighted by Gasteiger charge is 2.37. The van der Waals surface area contributed by atoms with Crippen LogP contribution in [0, 0.1) is 5.92 Å². The first-order valence-electron chi connectivity index (χ1n) is 7.44. The number of aliphatic imine (C=N–C) groups is 1. The zero-order valence-corrected chi connectivity index (χ0v) is 15.6. The number of guanidine groups is 1. The predicted octanol–water partition coefficient (Wildman–Crippen LogP) is 3.62. The summed E-state index contributed by atoms with van der Waals surface area (Å²) in [5.74, 6) is 1.91. The van der Waals surface area contributed by atoms with Crippen molar-refractivity contribution in [2.45, 2.75) is 18.8 Å². The molecule has 2 aromatic rings. The summed E-state index contributed by atoms with van der Waals surface area (Å²) in [6, 6.07) is 14.9. The number of nitrogens with two attached hydrogens (primary N) is 1. The Morgan fingerprint density at radius 3 is 2.77 bits per heavy atom. The molecule has 0 radical (unpaired) electrons. The first-order chi connectivity index (χ1) is 10.3. The summed E-state index contributed by atoms with van der Waals surface area (Å²) in [6.45, 7) is 1.68. The maximum Gasteiger partial charge on any atom is 0.188 e. The van der Waals surface area contributed by atoms with Crippen LogP contribution in [0.4, 0.5) is 0 Å². The summed E-state index contributed by atoms with van der Waals surface area (Å²) in [6.07, 6.45) is 2.24. The normalized spacial score (nSPS) is 20.3. The minimum absolute atomic E-state index is 0. The van der Waals surface area contributed by atoms with Gasteiger partial charge in [-0.3, -0.25) is 4.99 Å². The number of rotatable bonds is 6. The van der Waals surface area contributed by atoms with Crippen LogP contribution in [0.25, 0.3) is 0 Å². The summed E-state index contributed by atoms with van der Waals surface area (Å²) in [4.78, 5) is 5.84. The number of halogens is 1. The van der Waals surface area contributed by atoms with Gasteiger partial charge < -0.3 is 11.1 Å². The number of hydrogen-bond donors (Lipinski definition) is 2. The van der Waals surface area contributed by atoms with Crippen LogP contribution in [-0.2, 0) is 6.42 Å². The molecule has 2 unspecified atom stereocenters. The topological polar surface area (TPSA) is 50.4 Å². The Hall–Kier alpha value is -1.08. The van der Waals surface area contributed by atoms with Crippen molar-refractivity contribution in [1.82, 2.24) is 5.32 Å². The van der Waals surface area contributed by atoms with Gasteiger partial charge >= 0.3 is 0 Å². The van der Waals surface area contributed by atoms with Gasteiger partial charge in [-0.2, -0.15) is 0 Å². The second kappa shape index (κ2) is 8.53. The molecular formula is C17H22IN3S. The van der Waals surface area contributed by atoms with Crippen molar-refractivity contribution in [2.24, 2.45) is 16.6 Å². The quantitative estimate of drug-likeness (QED) is 0.421. The third-order valence-electron chi connectivity index (χ3n) is 3.90. The van der Waals surface area contributed by atoms with Crippen molar-refractivity contribution in [3.63, 3.8) is 0 Å². The molecule has 3 rings (SSSR count). The Balaban J connectivity index is 0.00000176. The van der Waals surface area contributed by atoms with Gasteiger partial charge in [0.1, 0.15) is 0 Å². The maximum absolute atomic E-state index is 5.92. The molecule has 22 heavy (non-hydrogen) atoms. The number of benzene rings is 1. The van der Waals surface area contributed by atoms with Crippen LogP contribution >= 0.6 is 35.3 Å². The standard InChI is InChI=1S/C17H21N3S.HI/c18-17(19-9-8-15-7-4-10-21-15)20-12-14-11-16(14)13-5-2-1-3-6-13;/h1-7,10,14,16H,8-9,11-12H2,(H3,18,19,20);1H. The second-order valence-corrected chi connectivity index (χ2v) is 6.53. The Labute approximate surface area is 153 Å². The van der Waals surface area contributed by atoms with Crippen LogP contribution in [0.15, 0.2) is 52.8 Å². The van der Waals surface area contributed by atoms with Crippen LogP contribution in [0.5, 0.6) is 0 Å². The highest BCUT2D eigenvalue weighted by atomic mass is 127. The molecule has 1 fully saturated rings. The summed E-state index contributed by atoms with van der Waals surface area (Å²) in [7, 11) is 0. The van der Waals surface area contributed by atoms with Crippen molar-refractivity contribution in [2.75, 3.05) is 13.1 Å². The van der Waals surface area contributed by atoms with Crippen LogP contribution in [0.1, 0.15) is 22.8 Å². The van der Waals surface area contributed by atoms with E-state index in [1.807, 2.05) is 0 Å². The first kappa shape index (κ1) is 17.3. The monoisotopic (exact) mass is 427 g/mol. The summed E-state index contributed by atoms with van der Waals surface area (Å²) < 4.78 is 0. The molecule has 2 atom stereocenters. The van der Waals surface area contributed by atoms with Gasteiger partial charge in [0.25, 0.3) is 0 Å². The molecule has 1 aliphatic rings. The van der Waals surface area contributed by atoms with E-state index in [1.54, 1.807) is 11.3 Å². The molecule has 3 nitrogen and oxygen atoms in total. The zero-order valence-electron chi connectivity index (χ0n) is 12.4. The predicted molar refractivity (Wildman–Crippen MR) is 105 cm³/mol. The highest BCUT2D eigenvalue weighted by Crippen LogP contribution is 2.47. The van der Waals surface area contributed by atoms with Gasteiger partial charge in [-0.25, -0.2) is 0 Å². The van der Waals surface area contributed by atoms with E-state index in [9.17, 15) is 0 Å². The number of thiophene rings is 1. The molecule has 0 saturated heterocycles. The van der Waals surface area contributed by atoms with E-state index in [4.69, 9.17) is 5.73 Å². The van der Waals surface area contributed by atoms with Crippen molar-refractivity contribution >= 4 is 41.3 Å². The van der Waals surface area contributed by atoms with E-state index in [2.05, 4.69) is 58.2 Å². The molecule has 118 valence electrons. The van der Waals surface area contributed by atoms with Crippen molar-refractivity contribution in [3.8, 4) is 0 Å². The van der Waals surface area contributed by atoms with Gasteiger partial charge in [-0.05, 0) is 41.7 Å². The fourth-order valence-corrected chi connectivity index (χ4v) is 3.31. The Bertz CT molecular complexity index is 583. The third kappa shape index (κ3) is 4.98. The summed E-state index contributed by atoms with van der Waals surface area (Å²) >= 11 is 1.78. The molecule has 1 heterocycles. The van der Waals surface area contributed by atoms with E-state index in [0.29, 0.717) is 17.8 Å². The molecule has 0 spiro atoms. The van der Waals surface area contributed by atoms with Gasteiger partial charge in [-0.15, -0.1) is 35.3 Å². The van der Waals surface area contributed by atoms with E-state index < -0.39 is 0 Å². The average molecular weight is 427 g/mol. The largest absolute Gasteiger partial charge is 0.370 e. The minimum atomic E-state index is 0. The van der Waals surface area contributed by atoms with Gasteiger partial charge in [0, 0.05) is 18.0 Å². The van der Waals surface area contributed by atoms with Gasteiger partial charge in [0.15, 0.2) is 5.96 Å². The van der Waals surface area contributed by atoms with E-state index in [-0.39, 0.29) is 24.0 Å². The number of hydrogen-bond acceptors (Lipinski definition) is 2. The van der Waals surface area contributed by atoms with E-state index >= 15 is 0 Å². The molecule has 0 aliphatic heterocycles. The minimum Gasteiger partial charge on any atom is -0.370 e. The van der Waals surface area contributed by atoms with Gasteiger partial charge in [0.05, 0.1) is 0 Å². The van der Waals surface area contributed by atoms with Gasteiger partial charge in [0.2, 0.25) is 0 Å². The lowest BCUT2D eigenvalue weighted by atomic mass is 10.1. The fourth-order valence-electron chi connectivity index (χ4n) is 2.60. The molecule has 1 saturated carbocycles. The molecule has 1 aromatic carbocycles. The molecule has 1 aliphatic carbocycles. The molecule has 0 amide bonds. The molecule has 0 bridgehead atoms. The molecule has 3 N–H and O–H groups in total. The SMILES string of the molecule is I.NC(=NCC1CC1c1ccccc1)NCCc1cccs1. The maximum atomic E-state index is 5.92.